The van der Waals surface area contributed by atoms with Crippen LogP contribution in [-0.4, -0.2) is 21.1 Å². The van der Waals surface area contributed by atoms with Crippen LogP contribution in [0.2, 0.25) is 0 Å². The SMILES string of the molecule is CCCNCc1ccc(Cn2ccnc2CC)nc1. The lowest BCUT2D eigenvalue weighted by atomic mass is 10.2. The van der Waals surface area contributed by atoms with Crippen LogP contribution >= 0.6 is 0 Å². The van der Waals surface area contributed by atoms with E-state index in [0.717, 1.165) is 44.0 Å². The largest absolute Gasteiger partial charge is 0.329 e. The van der Waals surface area contributed by atoms with Crippen LogP contribution in [0.3, 0.4) is 0 Å². The second-order valence-corrected chi connectivity index (χ2v) is 4.66. The Balaban J connectivity index is 1.95. The third-order valence-corrected chi connectivity index (χ3v) is 3.09. The van der Waals surface area contributed by atoms with Gasteiger partial charge in [0.05, 0.1) is 12.2 Å². The maximum atomic E-state index is 4.52. The fourth-order valence-electron chi connectivity index (χ4n) is 2.04. The first-order valence-corrected chi connectivity index (χ1v) is 6.98. The van der Waals surface area contributed by atoms with Crippen LogP contribution in [0.5, 0.6) is 0 Å². The van der Waals surface area contributed by atoms with Gasteiger partial charge in [0.1, 0.15) is 5.82 Å². The van der Waals surface area contributed by atoms with Crippen molar-refractivity contribution in [1.29, 1.82) is 0 Å². The van der Waals surface area contributed by atoms with E-state index in [1.165, 1.54) is 5.56 Å². The first-order chi connectivity index (χ1) is 9.33. The summed E-state index contributed by atoms with van der Waals surface area (Å²) >= 11 is 0. The van der Waals surface area contributed by atoms with Crippen LogP contribution in [0.15, 0.2) is 30.7 Å². The standard InChI is InChI=1S/C15H22N4/c1-3-7-16-10-13-5-6-14(18-11-13)12-19-9-8-17-15(19)4-2/h5-6,8-9,11,16H,3-4,7,10,12H2,1-2H3. The van der Waals surface area contributed by atoms with Gasteiger partial charge in [0, 0.05) is 31.6 Å². The molecule has 0 aromatic carbocycles. The van der Waals surface area contributed by atoms with Crippen LogP contribution in [-0.2, 0) is 19.5 Å². The summed E-state index contributed by atoms with van der Waals surface area (Å²) in [4.78, 5) is 8.84. The Morgan fingerprint density at radius 1 is 1.21 bits per heavy atom. The van der Waals surface area contributed by atoms with Gasteiger partial charge >= 0.3 is 0 Å². The maximum absolute atomic E-state index is 4.52. The lowest BCUT2D eigenvalue weighted by Gasteiger charge is -2.07. The molecular formula is C15H22N4. The third kappa shape index (κ3) is 3.89. The molecule has 4 nitrogen and oxygen atoms in total. The van der Waals surface area contributed by atoms with Crippen molar-refractivity contribution in [2.75, 3.05) is 6.54 Å². The molecule has 0 radical (unpaired) electrons. The minimum Gasteiger partial charge on any atom is -0.329 e. The fraction of sp³-hybridized carbons (Fsp3) is 0.467. The summed E-state index contributed by atoms with van der Waals surface area (Å²) in [6.45, 7) is 7.04. The first-order valence-electron chi connectivity index (χ1n) is 6.98. The summed E-state index contributed by atoms with van der Waals surface area (Å²) in [6.07, 6.45) is 7.93. The van der Waals surface area contributed by atoms with E-state index in [9.17, 15) is 0 Å². The average molecular weight is 258 g/mol. The van der Waals surface area contributed by atoms with Gasteiger partial charge in [-0.05, 0) is 24.6 Å². The van der Waals surface area contributed by atoms with Crippen LogP contribution < -0.4 is 5.32 Å². The second kappa shape index (κ2) is 7.04. The predicted octanol–water partition coefficient (Wildman–Crippen LogP) is 2.39. The Bertz CT molecular complexity index is 487. The van der Waals surface area contributed by atoms with E-state index >= 15 is 0 Å². The minimum atomic E-state index is 0.797. The number of aromatic nitrogens is 3. The number of rotatable bonds is 7. The van der Waals surface area contributed by atoms with Crippen molar-refractivity contribution >= 4 is 0 Å². The van der Waals surface area contributed by atoms with Crippen molar-refractivity contribution in [3.8, 4) is 0 Å². The highest BCUT2D eigenvalue weighted by molar-refractivity contribution is 5.14. The summed E-state index contributed by atoms with van der Waals surface area (Å²) in [7, 11) is 0. The molecule has 19 heavy (non-hydrogen) atoms. The monoisotopic (exact) mass is 258 g/mol. The van der Waals surface area contributed by atoms with Gasteiger partial charge in [-0.15, -0.1) is 0 Å². The lowest BCUT2D eigenvalue weighted by Crippen LogP contribution is -2.14. The Morgan fingerprint density at radius 3 is 2.79 bits per heavy atom. The molecular weight excluding hydrogens is 236 g/mol. The highest BCUT2D eigenvalue weighted by Crippen LogP contribution is 2.05. The highest BCUT2D eigenvalue weighted by Gasteiger charge is 2.02. The quantitative estimate of drug-likeness (QED) is 0.775. The van der Waals surface area contributed by atoms with Gasteiger partial charge in [0.15, 0.2) is 0 Å². The van der Waals surface area contributed by atoms with Crippen LogP contribution in [0, 0.1) is 0 Å². The van der Waals surface area contributed by atoms with Crippen molar-refractivity contribution in [3.63, 3.8) is 0 Å². The molecule has 2 aromatic rings. The van der Waals surface area contributed by atoms with Gasteiger partial charge in [-0.3, -0.25) is 4.98 Å². The molecule has 2 heterocycles. The molecule has 0 atom stereocenters. The number of pyridine rings is 1. The van der Waals surface area contributed by atoms with Gasteiger partial charge in [0.25, 0.3) is 0 Å². The van der Waals surface area contributed by atoms with E-state index in [1.807, 2.05) is 18.6 Å². The highest BCUT2D eigenvalue weighted by atomic mass is 15.1. The summed E-state index contributed by atoms with van der Waals surface area (Å²) in [5, 5.41) is 3.38. The van der Waals surface area contributed by atoms with Gasteiger partial charge in [-0.25, -0.2) is 4.98 Å². The third-order valence-electron chi connectivity index (χ3n) is 3.09. The Morgan fingerprint density at radius 2 is 2.11 bits per heavy atom. The Labute approximate surface area is 114 Å². The minimum absolute atomic E-state index is 0.797. The van der Waals surface area contributed by atoms with E-state index in [2.05, 4.69) is 45.8 Å². The predicted molar refractivity (Wildman–Crippen MR) is 76.9 cm³/mol. The van der Waals surface area contributed by atoms with Crippen molar-refractivity contribution in [3.05, 3.63) is 47.8 Å². The zero-order valence-electron chi connectivity index (χ0n) is 11.8. The maximum Gasteiger partial charge on any atom is 0.108 e. The molecule has 2 rings (SSSR count). The van der Waals surface area contributed by atoms with Gasteiger partial charge in [-0.2, -0.15) is 0 Å². The van der Waals surface area contributed by atoms with E-state index < -0.39 is 0 Å². The number of imidazole rings is 1. The van der Waals surface area contributed by atoms with Crippen LogP contribution in [0.25, 0.3) is 0 Å². The van der Waals surface area contributed by atoms with E-state index in [4.69, 9.17) is 0 Å². The molecule has 0 saturated carbocycles. The molecule has 102 valence electrons. The van der Waals surface area contributed by atoms with Crippen LogP contribution in [0.1, 0.15) is 37.4 Å². The zero-order valence-corrected chi connectivity index (χ0v) is 11.8. The topological polar surface area (TPSA) is 42.7 Å². The summed E-state index contributed by atoms with van der Waals surface area (Å²) in [6, 6.07) is 4.25. The number of hydrogen-bond acceptors (Lipinski definition) is 3. The first kappa shape index (κ1) is 13.7. The molecule has 2 aromatic heterocycles. The summed E-state index contributed by atoms with van der Waals surface area (Å²) < 4.78 is 2.15. The van der Waals surface area contributed by atoms with Crippen molar-refractivity contribution in [1.82, 2.24) is 19.9 Å². The number of nitrogens with zero attached hydrogens (tertiary/aromatic N) is 3. The summed E-state index contributed by atoms with van der Waals surface area (Å²) in [5.74, 6) is 1.11. The molecule has 0 aliphatic rings. The van der Waals surface area contributed by atoms with Gasteiger partial charge in [-0.1, -0.05) is 19.9 Å². The molecule has 0 bridgehead atoms. The Kier molecular flexibility index (Phi) is 5.10. The molecule has 4 heteroatoms. The van der Waals surface area contributed by atoms with Gasteiger partial charge < -0.3 is 9.88 Å². The molecule has 0 aliphatic heterocycles. The van der Waals surface area contributed by atoms with Crippen molar-refractivity contribution in [2.24, 2.45) is 0 Å². The van der Waals surface area contributed by atoms with E-state index in [0.29, 0.717) is 0 Å². The zero-order chi connectivity index (χ0) is 13.5. The molecule has 0 aliphatic carbocycles. The molecule has 0 saturated heterocycles. The molecule has 0 unspecified atom stereocenters. The molecule has 0 fully saturated rings. The van der Waals surface area contributed by atoms with Crippen LogP contribution in [0.4, 0.5) is 0 Å². The number of aryl methyl sites for hydroxylation is 1. The fourth-order valence-corrected chi connectivity index (χ4v) is 2.04. The molecule has 0 spiro atoms. The van der Waals surface area contributed by atoms with Crippen molar-refractivity contribution in [2.45, 2.75) is 39.8 Å². The normalized spacial score (nSPS) is 10.8. The number of nitrogens with one attached hydrogen (secondary N) is 1. The van der Waals surface area contributed by atoms with E-state index in [-0.39, 0.29) is 0 Å². The molecule has 0 amide bonds. The lowest BCUT2D eigenvalue weighted by molar-refractivity contribution is 0.671. The molecule has 1 N–H and O–H groups in total. The van der Waals surface area contributed by atoms with E-state index in [1.54, 1.807) is 0 Å². The Hall–Kier alpha value is -1.68. The summed E-state index contributed by atoms with van der Waals surface area (Å²) in [5.41, 5.74) is 2.31. The smallest absolute Gasteiger partial charge is 0.108 e. The van der Waals surface area contributed by atoms with Gasteiger partial charge in [0.2, 0.25) is 0 Å². The van der Waals surface area contributed by atoms with Crippen molar-refractivity contribution < 1.29 is 0 Å². The number of hydrogen-bond donors (Lipinski definition) is 1. The second-order valence-electron chi connectivity index (χ2n) is 4.66. The average Bonchev–Trinajstić information content (AvgIpc) is 2.88.